The van der Waals surface area contributed by atoms with Crippen molar-refractivity contribution in [1.82, 2.24) is 24.9 Å². The summed E-state index contributed by atoms with van der Waals surface area (Å²) in [6.07, 6.45) is 2.40. The highest BCUT2D eigenvalue weighted by Crippen LogP contribution is 2.17. The Bertz CT molecular complexity index is 939. The van der Waals surface area contributed by atoms with Crippen molar-refractivity contribution in [2.45, 2.75) is 13.3 Å². The number of aromatic nitrogens is 4. The number of rotatable bonds is 5. The van der Waals surface area contributed by atoms with Crippen molar-refractivity contribution in [3.63, 3.8) is 0 Å². The van der Waals surface area contributed by atoms with Gasteiger partial charge in [0.15, 0.2) is 5.65 Å². The summed E-state index contributed by atoms with van der Waals surface area (Å²) < 4.78 is 2.42. The molecule has 2 amide bonds. The third kappa shape index (κ3) is 4.00. The van der Waals surface area contributed by atoms with Gasteiger partial charge in [-0.15, -0.1) is 10.2 Å². The molecule has 3 aromatic rings. The fourth-order valence-electron chi connectivity index (χ4n) is 2.28. The van der Waals surface area contributed by atoms with E-state index in [1.165, 1.54) is 6.92 Å². The molecule has 0 saturated heterocycles. The van der Waals surface area contributed by atoms with Gasteiger partial charge in [0.05, 0.1) is 0 Å². The molecule has 0 fully saturated rings. The monoisotopic (exact) mass is 402 g/mol. The maximum atomic E-state index is 12.3. The van der Waals surface area contributed by atoms with E-state index >= 15 is 0 Å². The first kappa shape index (κ1) is 17.0. The maximum absolute atomic E-state index is 12.3. The Kier molecular flexibility index (Phi) is 5.03. The third-order valence-corrected chi connectivity index (χ3v) is 4.02. The second kappa shape index (κ2) is 7.39. The Hall–Kier alpha value is -2.81. The van der Waals surface area contributed by atoms with Crippen LogP contribution in [0, 0.1) is 0 Å². The maximum Gasteiger partial charge on any atom is 0.271 e. The van der Waals surface area contributed by atoms with Crippen molar-refractivity contribution >= 4 is 39.2 Å². The summed E-state index contributed by atoms with van der Waals surface area (Å²) in [5, 5.41) is 13.5. The third-order valence-electron chi connectivity index (χ3n) is 3.38. The Morgan fingerprint density at radius 2 is 2.04 bits per heavy atom. The number of nitrogens with one attached hydrogen (secondary N) is 2. The smallest absolute Gasteiger partial charge is 0.271 e. The molecule has 0 saturated carbocycles. The van der Waals surface area contributed by atoms with Crippen LogP contribution in [0.5, 0.6) is 0 Å². The number of hydrogen-bond donors (Lipinski definition) is 2. The van der Waals surface area contributed by atoms with Gasteiger partial charge in [-0.05, 0) is 40.2 Å². The lowest BCUT2D eigenvalue weighted by atomic mass is 10.3. The number of nitrogens with zero attached hydrogens (tertiary/aromatic N) is 4. The summed E-state index contributed by atoms with van der Waals surface area (Å²) in [6, 6.07) is 8.93. The Morgan fingerprint density at radius 1 is 1.20 bits per heavy atom. The second-order valence-corrected chi connectivity index (χ2v) is 6.11. The number of hydrogen-bond acceptors (Lipinski definition) is 5. The zero-order valence-corrected chi connectivity index (χ0v) is 14.9. The summed E-state index contributed by atoms with van der Waals surface area (Å²) in [4.78, 5) is 27.6. The summed E-state index contributed by atoms with van der Waals surface area (Å²) >= 11 is 3.30. The van der Waals surface area contributed by atoms with Crippen molar-refractivity contribution in [2.24, 2.45) is 0 Å². The van der Waals surface area contributed by atoms with Gasteiger partial charge in [0, 0.05) is 30.6 Å². The second-order valence-electron chi connectivity index (χ2n) is 5.26. The van der Waals surface area contributed by atoms with Crippen LogP contribution in [0.25, 0.3) is 5.65 Å². The summed E-state index contributed by atoms with van der Waals surface area (Å²) in [6.45, 7) is 1.76. The molecule has 128 valence electrons. The summed E-state index contributed by atoms with van der Waals surface area (Å²) in [5.74, 6) is 0.493. The van der Waals surface area contributed by atoms with Crippen LogP contribution in [-0.2, 0) is 11.2 Å². The molecular formula is C16H15BrN6O2. The van der Waals surface area contributed by atoms with E-state index in [2.05, 4.69) is 41.7 Å². The number of fused-ring (bicyclic) bond motifs is 1. The van der Waals surface area contributed by atoms with Crippen LogP contribution in [-0.4, -0.2) is 37.9 Å². The van der Waals surface area contributed by atoms with E-state index in [1.54, 1.807) is 12.1 Å². The van der Waals surface area contributed by atoms with Crippen LogP contribution in [0.1, 0.15) is 23.2 Å². The van der Waals surface area contributed by atoms with Gasteiger partial charge in [-0.3, -0.25) is 14.0 Å². The highest BCUT2D eigenvalue weighted by atomic mass is 79.9. The van der Waals surface area contributed by atoms with E-state index in [0.29, 0.717) is 23.3 Å². The van der Waals surface area contributed by atoms with E-state index in [0.717, 1.165) is 11.5 Å². The first-order valence-corrected chi connectivity index (χ1v) is 8.35. The van der Waals surface area contributed by atoms with Crippen LogP contribution < -0.4 is 10.6 Å². The quantitative estimate of drug-likeness (QED) is 0.677. The topological polar surface area (TPSA) is 101 Å². The number of pyridine rings is 2. The van der Waals surface area contributed by atoms with Crippen molar-refractivity contribution in [1.29, 1.82) is 0 Å². The molecule has 8 nitrogen and oxygen atoms in total. The molecule has 0 atom stereocenters. The minimum absolute atomic E-state index is 0.206. The molecule has 0 aliphatic rings. The van der Waals surface area contributed by atoms with Crippen molar-refractivity contribution in [3.8, 4) is 0 Å². The predicted octanol–water partition coefficient (Wildman–Crippen LogP) is 1.82. The number of amides is 2. The first-order valence-electron chi connectivity index (χ1n) is 7.55. The number of anilines is 1. The van der Waals surface area contributed by atoms with Crippen LogP contribution >= 0.6 is 15.9 Å². The van der Waals surface area contributed by atoms with Crippen molar-refractivity contribution in [2.75, 3.05) is 11.9 Å². The highest BCUT2D eigenvalue weighted by molar-refractivity contribution is 9.10. The van der Waals surface area contributed by atoms with E-state index in [4.69, 9.17) is 0 Å². The molecular weight excluding hydrogens is 388 g/mol. The normalized spacial score (nSPS) is 10.6. The number of carbonyl (C=O) groups excluding carboxylic acids is 2. The minimum Gasteiger partial charge on any atom is -0.350 e. The first-order chi connectivity index (χ1) is 12.0. The van der Waals surface area contributed by atoms with E-state index in [1.807, 2.05) is 28.8 Å². The fourth-order valence-corrected chi connectivity index (χ4v) is 2.69. The fraction of sp³-hybridized carbons (Fsp3) is 0.188. The van der Waals surface area contributed by atoms with Gasteiger partial charge in [0.25, 0.3) is 5.91 Å². The van der Waals surface area contributed by atoms with Gasteiger partial charge >= 0.3 is 0 Å². The summed E-state index contributed by atoms with van der Waals surface area (Å²) in [7, 11) is 0. The summed E-state index contributed by atoms with van der Waals surface area (Å²) in [5.41, 5.74) is 0.966. The molecule has 0 radical (unpaired) electrons. The lowest BCUT2D eigenvalue weighted by Crippen LogP contribution is -2.27. The Morgan fingerprint density at radius 3 is 2.84 bits per heavy atom. The lowest BCUT2D eigenvalue weighted by molar-refractivity contribution is -0.114. The zero-order chi connectivity index (χ0) is 17.8. The van der Waals surface area contributed by atoms with E-state index < -0.39 is 0 Å². The molecule has 0 spiro atoms. The number of carbonyl (C=O) groups is 2. The largest absolute Gasteiger partial charge is 0.350 e. The molecule has 0 aliphatic heterocycles. The van der Waals surface area contributed by atoms with E-state index in [9.17, 15) is 9.59 Å². The molecule has 0 bridgehead atoms. The average molecular weight is 403 g/mol. The number of halogens is 1. The molecule has 0 aliphatic carbocycles. The van der Waals surface area contributed by atoms with Crippen molar-refractivity contribution in [3.05, 3.63) is 52.5 Å². The van der Waals surface area contributed by atoms with Crippen LogP contribution in [0.3, 0.4) is 0 Å². The van der Waals surface area contributed by atoms with Crippen LogP contribution in [0.2, 0.25) is 0 Å². The standard InChI is InChI=1S/C16H15BrN6O2/c1-10(24)19-12-6-5-11(17)15(20-12)16(25)18-8-7-14-22-21-13-4-2-3-9-23(13)14/h2-6,9H,7-8H2,1H3,(H,18,25)(H,19,20,24). The van der Waals surface area contributed by atoms with Crippen LogP contribution in [0.4, 0.5) is 5.82 Å². The van der Waals surface area contributed by atoms with Gasteiger partial charge in [-0.25, -0.2) is 4.98 Å². The van der Waals surface area contributed by atoms with Gasteiger partial charge in [0.2, 0.25) is 5.91 Å². The van der Waals surface area contributed by atoms with Gasteiger partial charge in [-0.1, -0.05) is 6.07 Å². The van der Waals surface area contributed by atoms with Gasteiger partial charge in [-0.2, -0.15) is 0 Å². The molecule has 3 heterocycles. The zero-order valence-electron chi connectivity index (χ0n) is 13.4. The average Bonchev–Trinajstić information content (AvgIpc) is 2.99. The van der Waals surface area contributed by atoms with E-state index in [-0.39, 0.29) is 17.5 Å². The lowest BCUT2D eigenvalue weighted by Gasteiger charge is -2.08. The Balaban J connectivity index is 1.65. The molecule has 0 aromatic carbocycles. The van der Waals surface area contributed by atoms with Crippen molar-refractivity contribution < 1.29 is 9.59 Å². The molecule has 3 aromatic heterocycles. The molecule has 3 rings (SSSR count). The molecule has 0 unspecified atom stereocenters. The van der Waals surface area contributed by atoms with Crippen LogP contribution in [0.15, 0.2) is 41.0 Å². The molecule has 2 N–H and O–H groups in total. The minimum atomic E-state index is -0.340. The predicted molar refractivity (Wildman–Crippen MR) is 95.3 cm³/mol. The van der Waals surface area contributed by atoms with Gasteiger partial charge in [0.1, 0.15) is 17.3 Å². The Labute approximate surface area is 151 Å². The molecule has 25 heavy (non-hydrogen) atoms. The molecule has 9 heteroatoms. The SMILES string of the molecule is CC(=O)Nc1ccc(Br)c(C(=O)NCCc2nnc3ccccn23)n1. The van der Waals surface area contributed by atoms with Gasteiger partial charge < -0.3 is 10.6 Å². The highest BCUT2D eigenvalue weighted by Gasteiger charge is 2.14.